The summed E-state index contributed by atoms with van der Waals surface area (Å²) >= 11 is 0. The van der Waals surface area contributed by atoms with Crippen LogP contribution in [-0.4, -0.2) is 38.3 Å². The van der Waals surface area contributed by atoms with E-state index in [-0.39, 0.29) is 17.5 Å². The summed E-state index contributed by atoms with van der Waals surface area (Å²) in [5.41, 5.74) is 2.00. The first-order valence-corrected chi connectivity index (χ1v) is 9.67. The SMILES string of the molecule is C=CCNC(=O)c1ncccc1NC(=O)c1ccc(Cn2ccnn2)c2ccccc12. The molecule has 0 spiro atoms. The summed E-state index contributed by atoms with van der Waals surface area (Å²) in [6, 6.07) is 14.7. The Kier molecular flexibility index (Phi) is 5.79. The Labute approximate surface area is 178 Å². The van der Waals surface area contributed by atoms with E-state index in [1.165, 1.54) is 6.20 Å². The zero-order valence-electron chi connectivity index (χ0n) is 16.7. The van der Waals surface area contributed by atoms with Crippen molar-refractivity contribution in [2.75, 3.05) is 11.9 Å². The molecule has 0 radical (unpaired) electrons. The molecule has 0 aliphatic carbocycles. The van der Waals surface area contributed by atoms with Gasteiger partial charge < -0.3 is 10.6 Å². The van der Waals surface area contributed by atoms with E-state index in [0.717, 1.165) is 16.3 Å². The summed E-state index contributed by atoms with van der Waals surface area (Å²) in [5.74, 6) is -0.710. The van der Waals surface area contributed by atoms with Gasteiger partial charge >= 0.3 is 0 Å². The second-order valence-electron chi connectivity index (χ2n) is 6.77. The van der Waals surface area contributed by atoms with Gasteiger partial charge in [0.05, 0.1) is 18.4 Å². The minimum atomic E-state index is -0.385. The van der Waals surface area contributed by atoms with Gasteiger partial charge in [0.15, 0.2) is 5.69 Å². The molecular weight excluding hydrogens is 392 g/mol. The quantitative estimate of drug-likeness (QED) is 0.454. The highest BCUT2D eigenvalue weighted by Crippen LogP contribution is 2.25. The van der Waals surface area contributed by atoms with Crippen LogP contribution in [0.3, 0.4) is 0 Å². The number of nitrogens with zero attached hydrogens (tertiary/aromatic N) is 4. The topological polar surface area (TPSA) is 102 Å². The van der Waals surface area contributed by atoms with Gasteiger partial charge in [-0.3, -0.25) is 9.59 Å². The fraction of sp³-hybridized carbons (Fsp3) is 0.0870. The predicted molar refractivity (Wildman–Crippen MR) is 118 cm³/mol. The van der Waals surface area contributed by atoms with Gasteiger partial charge in [0.1, 0.15) is 0 Å². The van der Waals surface area contributed by atoms with Crippen molar-refractivity contribution in [2.45, 2.75) is 6.54 Å². The van der Waals surface area contributed by atoms with Crippen LogP contribution in [0.4, 0.5) is 5.69 Å². The van der Waals surface area contributed by atoms with Crippen molar-refractivity contribution in [3.8, 4) is 0 Å². The Balaban J connectivity index is 1.65. The Bertz CT molecular complexity index is 1250. The molecule has 8 heteroatoms. The minimum absolute atomic E-state index is 0.143. The Hall–Kier alpha value is -4.33. The van der Waals surface area contributed by atoms with E-state index in [2.05, 4.69) is 32.5 Å². The molecule has 154 valence electrons. The molecule has 2 amide bonds. The molecule has 0 fully saturated rings. The van der Waals surface area contributed by atoms with Gasteiger partial charge in [-0.25, -0.2) is 9.67 Å². The van der Waals surface area contributed by atoms with Gasteiger partial charge in [-0.1, -0.05) is 41.6 Å². The van der Waals surface area contributed by atoms with Crippen molar-refractivity contribution in [3.05, 3.63) is 96.6 Å². The number of nitrogens with one attached hydrogen (secondary N) is 2. The van der Waals surface area contributed by atoms with Crippen LogP contribution in [0.15, 0.2) is 79.8 Å². The number of hydrogen-bond acceptors (Lipinski definition) is 5. The number of fused-ring (bicyclic) bond motifs is 1. The van der Waals surface area contributed by atoms with E-state index < -0.39 is 0 Å². The zero-order chi connectivity index (χ0) is 21.6. The van der Waals surface area contributed by atoms with E-state index in [1.54, 1.807) is 41.4 Å². The van der Waals surface area contributed by atoms with Crippen molar-refractivity contribution >= 4 is 28.3 Å². The molecule has 2 aromatic heterocycles. The summed E-state index contributed by atoms with van der Waals surface area (Å²) in [6.45, 7) is 4.43. The lowest BCUT2D eigenvalue weighted by Gasteiger charge is -2.13. The van der Waals surface area contributed by atoms with E-state index >= 15 is 0 Å². The molecule has 0 atom stereocenters. The molecule has 8 nitrogen and oxygen atoms in total. The van der Waals surface area contributed by atoms with Crippen molar-refractivity contribution in [3.63, 3.8) is 0 Å². The van der Waals surface area contributed by atoms with Crippen LogP contribution in [0.5, 0.6) is 0 Å². The average Bonchev–Trinajstić information content (AvgIpc) is 3.31. The number of amides is 2. The Morgan fingerprint density at radius 1 is 1.00 bits per heavy atom. The fourth-order valence-electron chi connectivity index (χ4n) is 3.31. The number of pyridine rings is 1. The first kappa shape index (κ1) is 20.0. The average molecular weight is 412 g/mol. The summed E-state index contributed by atoms with van der Waals surface area (Å²) < 4.78 is 1.73. The molecule has 0 saturated carbocycles. The van der Waals surface area contributed by atoms with E-state index in [0.29, 0.717) is 24.3 Å². The molecular formula is C23H20N6O2. The normalized spacial score (nSPS) is 10.6. The van der Waals surface area contributed by atoms with Crippen LogP contribution in [0.25, 0.3) is 10.8 Å². The second kappa shape index (κ2) is 9.00. The molecule has 4 rings (SSSR count). The Morgan fingerprint density at radius 3 is 2.61 bits per heavy atom. The predicted octanol–water partition coefficient (Wildman–Crippen LogP) is 3.04. The molecule has 0 unspecified atom stereocenters. The van der Waals surface area contributed by atoms with E-state index in [4.69, 9.17) is 0 Å². The van der Waals surface area contributed by atoms with Gasteiger partial charge in [0.25, 0.3) is 11.8 Å². The lowest BCUT2D eigenvalue weighted by atomic mass is 9.99. The van der Waals surface area contributed by atoms with Gasteiger partial charge in [-0.05, 0) is 34.5 Å². The molecule has 0 saturated heterocycles. The van der Waals surface area contributed by atoms with E-state index in [9.17, 15) is 9.59 Å². The van der Waals surface area contributed by atoms with E-state index in [1.807, 2.05) is 30.3 Å². The number of anilines is 1. The number of hydrogen-bond donors (Lipinski definition) is 2. The molecule has 4 aromatic rings. The highest BCUT2D eigenvalue weighted by Gasteiger charge is 2.17. The molecule has 2 N–H and O–H groups in total. The maximum absolute atomic E-state index is 13.1. The van der Waals surface area contributed by atoms with Crippen molar-refractivity contribution in [2.24, 2.45) is 0 Å². The van der Waals surface area contributed by atoms with Gasteiger partial charge in [0.2, 0.25) is 0 Å². The van der Waals surface area contributed by atoms with Crippen LogP contribution >= 0.6 is 0 Å². The molecule has 31 heavy (non-hydrogen) atoms. The highest BCUT2D eigenvalue weighted by atomic mass is 16.2. The first-order valence-electron chi connectivity index (χ1n) is 9.67. The number of aromatic nitrogens is 4. The van der Waals surface area contributed by atoms with Crippen molar-refractivity contribution < 1.29 is 9.59 Å². The molecule has 2 heterocycles. The Morgan fingerprint density at radius 2 is 1.84 bits per heavy atom. The minimum Gasteiger partial charge on any atom is -0.347 e. The van der Waals surface area contributed by atoms with Gasteiger partial charge in [-0.15, -0.1) is 11.7 Å². The largest absolute Gasteiger partial charge is 0.347 e. The first-order chi connectivity index (χ1) is 15.2. The smallest absolute Gasteiger partial charge is 0.272 e. The van der Waals surface area contributed by atoms with Gasteiger partial charge in [0, 0.05) is 24.5 Å². The highest BCUT2D eigenvalue weighted by molar-refractivity contribution is 6.15. The lowest BCUT2D eigenvalue weighted by molar-refractivity contribution is 0.0954. The maximum Gasteiger partial charge on any atom is 0.272 e. The summed E-state index contributed by atoms with van der Waals surface area (Å²) in [5, 5.41) is 15.1. The number of rotatable bonds is 7. The molecule has 2 aromatic carbocycles. The summed E-state index contributed by atoms with van der Waals surface area (Å²) in [4.78, 5) is 29.6. The molecule has 0 bridgehead atoms. The zero-order valence-corrected chi connectivity index (χ0v) is 16.7. The van der Waals surface area contributed by atoms with Gasteiger partial charge in [-0.2, -0.15) is 0 Å². The van der Waals surface area contributed by atoms with Crippen LogP contribution in [0.1, 0.15) is 26.4 Å². The monoisotopic (exact) mass is 412 g/mol. The van der Waals surface area contributed by atoms with Crippen LogP contribution in [-0.2, 0) is 6.54 Å². The lowest BCUT2D eigenvalue weighted by Crippen LogP contribution is -2.26. The van der Waals surface area contributed by atoms with Crippen molar-refractivity contribution in [1.29, 1.82) is 0 Å². The standard InChI is InChI=1S/C23H20N6O2/c1-2-11-25-23(31)21-20(8-5-12-24-21)27-22(30)19-10-9-16(15-29-14-13-26-28-29)17-6-3-4-7-18(17)19/h2-10,12-14H,1,11,15H2,(H,25,31)(H,27,30). The number of carbonyl (C=O) groups is 2. The van der Waals surface area contributed by atoms with Crippen LogP contribution in [0, 0.1) is 0 Å². The number of carbonyl (C=O) groups excluding carboxylic acids is 2. The summed E-state index contributed by atoms with van der Waals surface area (Å²) in [7, 11) is 0. The third kappa shape index (κ3) is 4.32. The third-order valence-electron chi connectivity index (χ3n) is 4.74. The fourth-order valence-corrected chi connectivity index (χ4v) is 3.31. The third-order valence-corrected chi connectivity index (χ3v) is 4.74. The van der Waals surface area contributed by atoms with Crippen LogP contribution < -0.4 is 10.6 Å². The van der Waals surface area contributed by atoms with Crippen LogP contribution in [0.2, 0.25) is 0 Å². The molecule has 0 aliphatic rings. The maximum atomic E-state index is 13.1. The molecule has 0 aliphatic heterocycles. The summed E-state index contributed by atoms with van der Waals surface area (Å²) in [6.07, 6.45) is 6.50. The van der Waals surface area contributed by atoms with Crippen molar-refractivity contribution in [1.82, 2.24) is 25.3 Å². The number of benzene rings is 2. The second-order valence-corrected chi connectivity index (χ2v) is 6.77.